The molecule has 2 aliphatic rings. The van der Waals surface area contributed by atoms with E-state index in [4.69, 9.17) is 4.42 Å². The lowest BCUT2D eigenvalue weighted by molar-refractivity contribution is 0.590. The van der Waals surface area contributed by atoms with E-state index < -0.39 is 0 Å². The van der Waals surface area contributed by atoms with Crippen molar-refractivity contribution >= 4 is 85.5 Å². The lowest BCUT2D eigenvalue weighted by atomic mass is 9.35. The van der Waals surface area contributed by atoms with Crippen LogP contribution >= 0.6 is 0 Å². The first-order chi connectivity index (χ1) is 42.7. The molecule has 0 unspecified atom stereocenters. The molecule has 2 aliphatic heterocycles. The van der Waals surface area contributed by atoms with Gasteiger partial charge in [-0.1, -0.05) is 259 Å². The van der Waals surface area contributed by atoms with Crippen molar-refractivity contribution in [1.82, 2.24) is 0 Å². The second-order valence-corrected chi connectivity index (χ2v) is 28.6. The van der Waals surface area contributed by atoms with E-state index in [0.717, 1.165) is 95.6 Å². The molecule has 11 aromatic carbocycles. The Morgan fingerprint density at radius 3 is 1.43 bits per heavy atom. The maximum Gasteiger partial charge on any atom is 0.297 e. The number of fused-ring (bicyclic) bond motifs is 6. The van der Waals surface area contributed by atoms with E-state index in [-0.39, 0.29) is 28.4 Å². The molecule has 14 rings (SSSR count). The van der Waals surface area contributed by atoms with E-state index in [1.165, 1.54) is 49.9 Å². The summed E-state index contributed by atoms with van der Waals surface area (Å²) in [6.07, 6.45) is 0. The van der Waals surface area contributed by atoms with Crippen LogP contribution in [-0.2, 0) is 21.7 Å². The fourth-order valence-electron chi connectivity index (χ4n) is 13.6. The Morgan fingerprint density at radius 1 is 0.337 bits per heavy atom. The van der Waals surface area contributed by atoms with E-state index >= 15 is 0 Å². The predicted octanol–water partition coefficient (Wildman–Crippen LogP) is 21.8. The molecule has 438 valence electrons. The summed E-state index contributed by atoms with van der Waals surface area (Å²) in [5.74, 6) is 0. The van der Waals surface area contributed by atoms with E-state index in [0.29, 0.717) is 0 Å². The van der Waals surface area contributed by atoms with Crippen LogP contribution in [0.5, 0.6) is 0 Å². The summed E-state index contributed by atoms with van der Waals surface area (Å²) in [5, 5.41) is 1.09. The van der Waals surface area contributed by atoms with Gasteiger partial charge >= 0.3 is 0 Å². The van der Waals surface area contributed by atoms with Gasteiger partial charge in [-0.25, -0.2) is 0 Å². The Labute approximate surface area is 527 Å². The van der Waals surface area contributed by atoms with Gasteiger partial charge in [0, 0.05) is 50.6 Å². The minimum atomic E-state index is -0.311. The Balaban J connectivity index is 1.13. The minimum Gasteiger partial charge on any atom is -0.468 e. The van der Waals surface area contributed by atoms with E-state index in [1.807, 2.05) is 0 Å². The van der Waals surface area contributed by atoms with Gasteiger partial charge in [-0.2, -0.15) is 0 Å². The number of furan rings is 1. The Hall–Kier alpha value is -9.58. The quantitative estimate of drug-likeness (QED) is 0.134. The molecule has 3 heterocycles. The standard InChI is InChI=1S/C84H78BN3O/c1-81(2,3)59-36-42-63(43-37-59)86(72-34-24-22-32-67(72)56-28-18-14-19-29-56)65-46-48-71-74(54-65)87(64-44-38-60(39-45-64)82(4,5)6)75-50-58(69-52-61(83(7,8)9)40-47-66(69)55-26-16-13-17-27-55)51-76-78(75)85(71)80-79(70-53-62(84(10,11)12)41-49-77(70)89-80)88(76)73-35-25-23-33-68(73)57-30-20-15-21-31-57/h13-54H,1-12H3. The van der Waals surface area contributed by atoms with Gasteiger partial charge in [-0.3, -0.25) is 0 Å². The molecule has 0 bridgehead atoms. The van der Waals surface area contributed by atoms with Crippen molar-refractivity contribution in [1.29, 1.82) is 0 Å². The molecule has 12 aromatic rings. The summed E-state index contributed by atoms with van der Waals surface area (Å²) < 4.78 is 7.65. The highest BCUT2D eigenvalue weighted by Gasteiger charge is 2.48. The Kier molecular flexibility index (Phi) is 13.9. The molecule has 0 N–H and O–H groups in total. The third-order valence-corrected chi connectivity index (χ3v) is 18.5. The van der Waals surface area contributed by atoms with Gasteiger partial charge in [0.1, 0.15) is 5.58 Å². The van der Waals surface area contributed by atoms with Crippen molar-refractivity contribution in [3.63, 3.8) is 0 Å². The van der Waals surface area contributed by atoms with Crippen LogP contribution in [0.3, 0.4) is 0 Å². The van der Waals surface area contributed by atoms with Crippen LogP contribution in [0.25, 0.3) is 55.5 Å². The van der Waals surface area contributed by atoms with Crippen LogP contribution in [0.15, 0.2) is 259 Å². The average molecular weight is 1160 g/mol. The van der Waals surface area contributed by atoms with E-state index in [1.54, 1.807) is 0 Å². The second kappa shape index (κ2) is 21.6. The highest BCUT2D eigenvalue weighted by molar-refractivity contribution is 7.00. The lowest BCUT2D eigenvalue weighted by Crippen LogP contribution is -2.61. The number of benzene rings is 11. The van der Waals surface area contributed by atoms with Gasteiger partial charge in [-0.05, 0) is 167 Å². The zero-order valence-electron chi connectivity index (χ0n) is 53.6. The van der Waals surface area contributed by atoms with Crippen LogP contribution < -0.4 is 31.3 Å². The first-order valence-corrected chi connectivity index (χ1v) is 31.7. The first kappa shape index (κ1) is 57.2. The molecule has 0 aliphatic carbocycles. The smallest absolute Gasteiger partial charge is 0.297 e. The van der Waals surface area contributed by atoms with Crippen molar-refractivity contribution in [2.24, 2.45) is 0 Å². The molecular formula is C84H78BN3O. The molecule has 5 heteroatoms. The zero-order valence-corrected chi connectivity index (χ0v) is 53.6. The molecule has 0 amide bonds. The summed E-state index contributed by atoms with van der Waals surface area (Å²) in [5.41, 5.74) is 27.9. The van der Waals surface area contributed by atoms with Crippen LogP contribution in [0.1, 0.15) is 105 Å². The summed E-state index contributed by atoms with van der Waals surface area (Å²) in [6.45, 7) is 27.4. The molecular weight excluding hydrogens is 1080 g/mol. The van der Waals surface area contributed by atoms with Crippen molar-refractivity contribution < 1.29 is 4.42 Å². The van der Waals surface area contributed by atoms with Gasteiger partial charge in [-0.15, -0.1) is 0 Å². The summed E-state index contributed by atoms with van der Waals surface area (Å²) in [7, 11) is 0. The fourth-order valence-corrected chi connectivity index (χ4v) is 13.6. The van der Waals surface area contributed by atoms with Crippen LogP contribution in [0.2, 0.25) is 0 Å². The highest BCUT2D eigenvalue weighted by atomic mass is 16.3. The number of hydrogen-bond acceptors (Lipinski definition) is 4. The number of nitrogens with zero attached hydrogens (tertiary/aromatic N) is 3. The molecule has 0 radical (unpaired) electrons. The molecule has 0 saturated heterocycles. The molecule has 1 aromatic heterocycles. The molecule has 0 atom stereocenters. The fraction of sp³-hybridized carbons (Fsp3) is 0.190. The van der Waals surface area contributed by atoms with Crippen LogP contribution in [0, 0.1) is 0 Å². The SMILES string of the molecule is CC(C)(C)c1ccc(N(c2ccc3c(c2)N(c2ccc(C(C)(C)C)cc2)c2cc(-c4cc(C(C)(C)C)ccc4-c4ccccc4)cc4c2B3c2oc3ccc(C(C)(C)C)cc3c2N4c2ccccc2-c2ccccc2)c2ccccc2-c2ccccc2)cc1. The number of rotatable bonds is 9. The van der Waals surface area contributed by atoms with Crippen molar-refractivity contribution in [3.8, 4) is 44.5 Å². The van der Waals surface area contributed by atoms with Crippen molar-refractivity contribution in [2.45, 2.75) is 105 Å². The maximum absolute atomic E-state index is 7.65. The monoisotopic (exact) mass is 1160 g/mol. The van der Waals surface area contributed by atoms with Gasteiger partial charge in [0.15, 0.2) is 0 Å². The second-order valence-electron chi connectivity index (χ2n) is 28.6. The molecule has 89 heavy (non-hydrogen) atoms. The summed E-state index contributed by atoms with van der Waals surface area (Å²) in [4.78, 5) is 7.63. The number of para-hydroxylation sites is 2. The summed E-state index contributed by atoms with van der Waals surface area (Å²) >= 11 is 0. The molecule has 4 nitrogen and oxygen atoms in total. The van der Waals surface area contributed by atoms with Gasteiger partial charge in [0.05, 0.1) is 22.7 Å². The number of anilines is 9. The molecule has 0 spiro atoms. The Bertz CT molecular complexity index is 4630. The van der Waals surface area contributed by atoms with E-state index in [9.17, 15) is 0 Å². The molecule has 0 saturated carbocycles. The topological polar surface area (TPSA) is 22.9 Å². The van der Waals surface area contributed by atoms with E-state index in [2.05, 4.69) is 353 Å². The Morgan fingerprint density at radius 2 is 0.820 bits per heavy atom. The highest BCUT2D eigenvalue weighted by Crippen LogP contribution is 2.53. The van der Waals surface area contributed by atoms with Crippen molar-refractivity contribution in [2.75, 3.05) is 14.7 Å². The number of hydrogen-bond donors (Lipinski definition) is 0. The van der Waals surface area contributed by atoms with Crippen LogP contribution in [-0.4, -0.2) is 6.71 Å². The maximum atomic E-state index is 7.65. The van der Waals surface area contributed by atoms with Crippen LogP contribution in [0.4, 0.5) is 51.2 Å². The van der Waals surface area contributed by atoms with Gasteiger partial charge < -0.3 is 19.1 Å². The summed E-state index contributed by atoms with van der Waals surface area (Å²) in [6, 6.07) is 95.5. The minimum absolute atomic E-state index is 0.0236. The first-order valence-electron chi connectivity index (χ1n) is 31.7. The largest absolute Gasteiger partial charge is 0.468 e. The zero-order chi connectivity index (χ0) is 61.7. The molecule has 0 fully saturated rings. The third-order valence-electron chi connectivity index (χ3n) is 18.5. The predicted molar refractivity (Wildman–Crippen MR) is 381 cm³/mol. The third kappa shape index (κ3) is 10.2. The van der Waals surface area contributed by atoms with Crippen molar-refractivity contribution in [3.05, 3.63) is 277 Å². The lowest BCUT2D eigenvalue weighted by Gasteiger charge is -2.43. The average Bonchev–Trinajstić information content (AvgIpc) is 1.68. The normalized spacial score (nSPS) is 13.1. The van der Waals surface area contributed by atoms with Gasteiger partial charge in [0.25, 0.3) is 6.71 Å². The van der Waals surface area contributed by atoms with Gasteiger partial charge in [0.2, 0.25) is 0 Å².